The van der Waals surface area contributed by atoms with Crippen molar-refractivity contribution < 1.29 is 14.3 Å². The van der Waals surface area contributed by atoms with Crippen molar-refractivity contribution in [1.29, 1.82) is 0 Å². The Bertz CT molecular complexity index is 848. The van der Waals surface area contributed by atoms with Gasteiger partial charge in [0.2, 0.25) is 0 Å². The Morgan fingerprint density at radius 2 is 2.08 bits per heavy atom. The monoisotopic (exact) mass is 320 g/mol. The van der Waals surface area contributed by atoms with Gasteiger partial charge in [-0.2, -0.15) is 0 Å². The van der Waals surface area contributed by atoms with Crippen LogP contribution in [0.2, 0.25) is 0 Å². The average Bonchev–Trinajstić information content (AvgIpc) is 3.08. The molecule has 2 aromatic carbocycles. The number of ether oxygens (including phenoxy) is 2. The lowest BCUT2D eigenvalue weighted by atomic mass is 10.0. The summed E-state index contributed by atoms with van der Waals surface area (Å²) in [5.41, 5.74) is 4.81. The molecular weight excluding hydrogens is 300 g/mol. The number of rotatable bonds is 3. The summed E-state index contributed by atoms with van der Waals surface area (Å²) >= 11 is 0. The van der Waals surface area contributed by atoms with Crippen LogP contribution in [0.25, 0.3) is 6.08 Å². The Labute approximate surface area is 141 Å². The van der Waals surface area contributed by atoms with Crippen molar-refractivity contribution in [3.63, 3.8) is 0 Å². The smallest absolute Gasteiger partial charge is 0.189 e. The third-order valence-electron chi connectivity index (χ3n) is 4.59. The number of hydrogen-bond donors (Lipinski definition) is 0. The third kappa shape index (κ3) is 2.50. The van der Waals surface area contributed by atoms with Crippen LogP contribution in [0.3, 0.4) is 0 Å². The molecule has 2 aromatic rings. The molecule has 0 aromatic heterocycles. The summed E-state index contributed by atoms with van der Waals surface area (Å²) < 4.78 is 11.7. The molecule has 0 unspecified atom stereocenters. The largest absolute Gasteiger partial charge is 0.493 e. The third-order valence-corrected chi connectivity index (χ3v) is 4.59. The predicted molar refractivity (Wildman–Crippen MR) is 93.9 cm³/mol. The number of carbonyl (C=O) groups is 1. The van der Waals surface area contributed by atoms with Gasteiger partial charge in [0.1, 0.15) is 17.6 Å². The molecule has 4 rings (SSSR count). The molecule has 3 heteroatoms. The molecule has 0 radical (unpaired) electrons. The van der Waals surface area contributed by atoms with Crippen LogP contribution in [0.15, 0.2) is 42.0 Å². The first-order valence-corrected chi connectivity index (χ1v) is 8.45. The van der Waals surface area contributed by atoms with Crippen molar-refractivity contribution in [2.75, 3.05) is 6.61 Å². The molecule has 0 saturated heterocycles. The highest BCUT2D eigenvalue weighted by atomic mass is 16.5. The van der Waals surface area contributed by atoms with E-state index in [4.69, 9.17) is 9.47 Å². The quantitative estimate of drug-likeness (QED) is 0.794. The number of carbonyl (C=O) groups excluding carboxylic acids is 1. The van der Waals surface area contributed by atoms with Gasteiger partial charge in [-0.05, 0) is 37.6 Å². The zero-order valence-corrected chi connectivity index (χ0v) is 14.0. The Morgan fingerprint density at radius 3 is 2.88 bits per heavy atom. The van der Waals surface area contributed by atoms with Gasteiger partial charge in [-0.15, -0.1) is 0 Å². The van der Waals surface area contributed by atoms with E-state index >= 15 is 0 Å². The minimum absolute atomic E-state index is 0.114. The normalized spacial score (nSPS) is 20.0. The molecule has 24 heavy (non-hydrogen) atoms. The minimum Gasteiger partial charge on any atom is -0.493 e. The van der Waals surface area contributed by atoms with Gasteiger partial charge in [0.25, 0.3) is 0 Å². The van der Waals surface area contributed by atoms with E-state index in [1.807, 2.05) is 43.3 Å². The van der Waals surface area contributed by atoms with Gasteiger partial charge < -0.3 is 9.47 Å². The van der Waals surface area contributed by atoms with Gasteiger partial charge in [0.15, 0.2) is 5.78 Å². The second kappa shape index (κ2) is 5.82. The minimum atomic E-state index is 0.114. The van der Waals surface area contributed by atoms with Crippen LogP contribution in [0.5, 0.6) is 11.5 Å². The molecule has 0 N–H and O–H groups in total. The standard InChI is InChI=1S/C21H20O3/c1-3-23-19-11-15-8-13(2)24-20(15)12-16(19)10-17-9-14-6-4-5-7-18(14)21(17)22/h4-7,10-13H,3,8-9H2,1-2H3/b17-10+/t13-/m1/s1. The molecule has 1 aliphatic heterocycles. The first kappa shape index (κ1) is 15.0. The van der Waals surface area contributed by atoms with Gasteiger partial charge >= 0.3 is 0 Å². The summed E-state index contributed by atoms with van der Waals surface area (Å²) in [6.07, 6.45) is 3.72. The predicted octanol–water partition coefficient (Wildman–Crippen LogP) is 4.23. The van der Waals surface area contributed by atoms with Gasteiger partial charge in [0, 0.05) is 35.1 Å². The van der Waals surface area contributed by atoms with Crippen molar-refractivity contribution in [3.8, 4) is 11.5 Å². The molecule has 2 aliphatic rings. The Kier molecular flexibility index (Phi) is 3.64. The summed E-state index contributed by atoms with van der Waals surface area (Å²) in [6, 6.07) is 11.9. The number of benzene rings is 2. The number of hydrogen-bond acceptors (Lipinski definition) is 3. The molecule has 0 saturated carbocycles. The molecule has 0 spiro atoms. The van der Waals surface area contributed by atoms with Crippen LogP contribution < -0.4 is 9.47 Å². The van der Waals surface area contributed by atoms with Gasteiger partial charge in [-0.3, -0.25) is 4.79 Å². The summed E-state index contributed by atoms with van der Waals surface area (Å²) in [7, 11) is 0. The van der Waals surface area contributed by atoms with E-state index in [1.54, 1.807) is 0 Å². The van der Waals surface area contributed by atoms with Crippen molar-refractivity contribution in [3.05, 3.63) is 64.2 Å². The summed E-state index contributed by atoms with van der Waals surface area (Å²) in [4.78, 5) is 12.6. The highest BCUT2D eigenvalue weighted by Gasteiger charge is 2.26. The fraction of sp³-hybridized carbons (Fsp3) is 0.286. The molecule has 0 fully saturated rings. The van der Waals surface area contributed by atoms with E-state index in [9.17, 15) is 4.79 Å². The lowest BCUT2D eigenvalue weighted by Gasteiger charge is -2.10. The fourth-order valence-electron chi connectivity index (χ4n) is 3.51. The van der Waals surface area contributed by atoms with E-state index in [-0.39, 0.29) is 11.9 Å². The van der Waals surface area contributed by atoms with Crippen molar-refractivity contribution >= 4 is 11.9 Å². The van der Waals surface area contributed by atoms with E-state index in [2.05, 4.69) is 13.0 Å². The van der Waals surface area contributed by atoms with Gasteiger partial charge in [0.05, 0.1) is 6.61 Å². The fourth-order valence-corrected chi connectivity index (χ4v) is 3.51. The highest BCUT2D eigenvalue weighted by Crippen LogP contribution is 2.37. The van der Waals surface area contributed by atoms with Crippen LogP contribution in [0.4, 0.5) is 0 Å². The topological polar surface area (TPSA) is 35.5 Å². The number of fused-ring (bicyclic) bond motifs is 2. The second-order valence-electron chi connectivity index (χ2n) is 6.40. The summed E-state index contributed by atoms with van der Waals surface area (Å²) in [5, 5.41) is 0. The first-order chi connectivity index (χ1) is 11.7. The Hall–Kier alpha value is -2.55. The number of allylic oxidation sites excluding steroid dienone is 1. The molecule has 1 aliphatic carbocycles. The average molecular weight is 320 g/mol. The molecule has 0 bridgehead atoms. The van der Waals surface area contributed by atoms with E-state index in [1.165, 1.54) is 5.56 Å². The van der Waals surface area contributed by atoms with Crippen LogP contribution in [0.1, 0.15) is 40.9 Å². The van der Waals surface area contributed by atoms with Crippen LogP contribution in [0, 0.1) is 0 Å². The molecule has 122 valence electrons. The molecule has 1 heterocycles. The first-order valence-electron chi connectivity index (χ1n) is 8.45. The second-order valence-corrected chi connectivity index (χ2v) is 6.40. The maximum absolute atomic E-state index is 12.6. The molecule has 3 nitrogen and oxygen atoms in total. The maximum atomic E-state index is 12.6. The number of ketones is 1. The lowest BCUT2D eigenvalue weighted by Crippen LogP contribution is -2.05. The SMILES string of the molecule is CCOc1cc2c(cc1/C=C1\Cc3ccccc3C1=O)O[C@H](C)C2. The Morgan fingerprint density at radius 1 is 1.25 bits per heavy atom. The highest BCUT2D eigenvalue weighted by molar-refractivity contribution is 6.15. The van der Waals surface area contributed by atoms with Crippen molar-refractivity contribution in [2.24, 2.45) is 0 Å². The zero-order chi connectivity index (χ0) is 16.7. The van der Waals surface area contributed by atoms with Crippen molar-refractivity contribution in [2.45, 2.75) is 32.8 Å². The summed E-state index contributed by atoms with van der Waals surface area (Å²) in [6.45, 7) is 4.63. The zero-order valence-electron chi connectivity index (χ0n) is 14.0. The van der Waals surface area contributed by atoms with Crippen LogP contribution in [-0.2, 0) is 12.8 Å². The molecular formula is C21H20O3. The van der Waals surface area contributed by atoms with Crippen molar-refractivity contribution in [1.82, 2.24) is 0 Å². The van der Waals surface area contributed by atoms with Gasteiger partial charge in [-0.1, -0.05) is 24.3 Å². The number of Topliss-reactive ketones (excluding diaryl/α,β-unsaturated/α-hetero) is 1. The maximum Gasteiger partial charge on any atom is 0.189 e. The molecule has 0 amide bonds. The van der Waals surface area contributed by atoms with E-state index in [0.29, 0.717) is 13.0 Å². The summed E-state index contributed by atoms with van der Waals surface area (Å²) in [5.74, 6) is 1.84. The van der Waals surface area contributed by atoms with Gasteiger partial charge in [-0.25, -0.2) is 0 Å². The Balaban J connectivity index is 1.75. The lowest BCUT2D eigenvalue weighted by molar-refractivity contribution is 0.104. The van der Waals surface area contributed by atoms with E-state index in [0.717, 1.165) is 40.2 Å². The van der Waals surface area contributed by atoms with E-state index < -0.39 is 0 Å². The van der Waals surface area contributed by atoms with Crippen LogP contribution >= 0.6 is 0 Å². The molecule has 1 atom stereocenters. The van der Waals surface area contributed by atoms with Crippen LogP contribution in [-0.4, -0.2) is 18.5 Å².